The van der Waals surface area contributed by atoms with Crippen LogP contribution in [-0.2, 0) is 9.59 Å². The Labute approximate surface area is 200 Å². The van der Waals surface area contributed by atoms with Gasteiger partial charge in [-0.15, -0.1) is 11.3 Å². The van der Waals surface area contributed by atoms with Crippen LogP contribution in [0.3, 0.4) is 0 Å². The summed E-state index contributed by atoms with van der Waals surface area (Å²) < 4.78 is 5.70. The number of hydrazine groups is 1. The van der Waals surface area contributed by atoms with Gasteiger partial charge in [-0.1, -0.05) is 48.6 Å². The number of nitrogens with one attached hydrogen (secondary N) is 2. The minimum Gasteiger partial charge on any atom is -0.496 e. The molecule has 3 rings (SSSR count). The molecular formula is C22H23N3O4S3. The van der Waals surface area contributed by atoms with E-state index in [0.29, 0.717) is 33.5 Å². The van der Waals surface area contributed by atoms with Crippen molar-refractivity contribution in [2.75, 3.05) is 13.7 Å². The second-order valence-corrected chi connectivity index (χ2v) is 9.52. The Morgan fingerprint density at radius 3 is 2.69 bits per heavy atom. The van der Waals surface area contributed by atoms with Gasteiger partial charge in [0.25, 0.3) is 11.8 Å². The minimum absolute atomic E-state index is 0.0646. The van der Waals surface area contributed by atoms with Crippen LogP contribution in [0.4, 0.5) is 0 Å². The zero-order valence-corrected chi connectivity index (χ0v) is 19.9. The molecule has 1 aromatic carbocycles. The van der Waals surface area contributed by atoms with Crippen LogP contribution < -0.4 is 15.6 Å². The largest absolute Gasteiger partial charge is 0.496 e. The number of hydrogen-bond acceptors (Lipinski definition) is 7. The number of amides is 3. The lowest BCUT2D eigenvalue weighted by Crippen LogP contribution is -2.41. The van der Waals surface area contributed by atoms with Crippen molar-refractivity contribution in [3.05, 3.63) is 57.1 Å². The zero-order valence-electron chi connectivity index (χ0n) is 17.5. The van der Waals surface area contributed by atoms with E-state index in [2.05, 4.69) is 10.9 Å². The fourth-order valence-electron chi connectivity index (χ4n) is 3.02. The summed E-state index contributed by atoms with van der Waals surface area (Å²) in [7, 11) is 1.48. The van der Waals surface area contributed by atoms with Crippen molar-refractivity contribution in [1.82, 2.24) is 15.8 Å². The van der Waals surface area contributed by atoms with Crippen LogP contribution in [0.2, 0.25) is 0 Å². The second kappa shape index (κ2) is 11.8. The van der Waals surface area contributed by atoms with Gasteiger partial charge in [0.05, 0.1) is 17.6 Å². The predicted octanol–water partition coefficient (Wildman–Crippen LogP) is 3.98. The zero-order chi connectivity index (χ0) is 22.9. The minimum atomic E-state index is -0.444. The van der Waals surface area contributed by atoms with Crippen LogP contribution in [0.25, 0.3) is 6.08 Å². The van der Waals surface area contributed by atoms with Crippen LogP contribution in [0.1, 0.15) is 40.9 Å². The first kappa shape index (κ1) is 24.0. The summed E-state index contributed by atoms with van der Waals surface area (Å²) in [6.07, 6.45) is 4.27. The SMILES string of the molecule is COc1ccccc1C(=O)NNC(=O)CCCCCN1C(=O)C(=Cc2cccs2)SC1=S. The van der Waals surface area contributed by atoms with E-state index in [4.69, 9.17) is 17.0 Å². The summed E-state index contributed by atoms with van der Waals surface area (Å²) in [5.41, 5.74) is 5.15. The highest BCUT2D eigenvalue weighted by Gasteiger charge is 2.31. The van der Waals surface area contributed by atoms with Gasteiger partial charge in [-0.25, -0.2) is 0 Å². The maximum atomic E-state index is 12.6. The molecule has 0 spiro atoms. The Morgan fingerprint density at radius 2 is 1.94 bits per heavy atom. The smallest absolute Gasteiger partial charge is 0.273 e. The van der Waals surface area contributed by atoms with E-state index in [1.165, 1.54) is 18.9 Å². The Morgan fingerprint density at radius 1 is 1.12 bits per heavy atom. The monoisotopic (exact) mass is 489 g/mol. The highest BCUT2D eigenvalue weighted by molar-refractivity contribution is 8.26. The molecule has 1 aliphatic rings. The molecule has 0 bridgehead atoms. The highest BCUT2D eigenvalue weighted by atomic mass is 32.2. The molecule has 10 heteroatoms. The van der Waals surface area contributed by atoms with Gasteiger partial charge in [0.15, 0.2) is 0 Å². The number of methoxy groups -OCH3 is 1. The summed E-state index contributed by atoms with van der Waals surface area (Å²) in [5, 5.41) is 1.96. The molecule has 1 fully saturated rings. The van der Waals surface area contributed by atoms with Crippen LogP contribution in [0.15, 0.2) is 46.7 Å². The number of carbonyl (C=O) groups excluding carboxylic acids is 3. The maximum Gasteiger partial charge on any atom is 0.273 e. The standard InChI is InChI=1S/C22H23N3O4S3/c1-29-17-10-5-4-9-16(17)20(27)24-23-19(26)11-3-2-6-12-25-21(28)18(32-22(25)30)14-15-8-7-13-31-15/h4-5,7-10,13-14H,2-3,6,11-12H2,1H3,(H,23,26)(H,24,27). The van der Waals surface area contributed by atoms with Crippen molar-refractivity contribution in [1.29, 1.82) is 0 Å². The third kappa shape index (κ3) is 6.41. The molecule has 0 radical (unpaired) electrons. The number of para-hydroxylation sites is 1. The van der Waals surface area contributed by atoms with E-state index < -0.39 is 5.91 Å². The first-order valence-electron chi connectivity index (χ1n) is 10.0. The summed E-state index contributed by atoms with van der Waals surface area (Å²) in [6, 6.07) is 10.7. The average molecular weight is 490 g/mol. The lowest BCUT2D eigenvalue weighted by atomic mass is 10.2. The Balaban J connectivity index is 1.35. The third-order valence-corrected chi connectivity index (χ3v) is 6.84. The molecule has 2 aromatic rings. The molecule has 1 aliphatic heterocycles. The summed E-state index contributed by atoms with van der Waals surface area (Å²) >= 11 is 8.24. The highest BCUT2D eigenvalue weighted by Crippen LogP contribution is 2.33. The van der Waals surface area contributed by atoms with Crippen molar-refractivity contribution in [3.63, 3.8) is 0 Å². The van der Waals surface area contributed by atoms with E-state index in [-0.39, 0.29) is 18.2 Å². The number of benzene rings is 1. The molecule has 32 heavy (non-hydrogen) atoms. The molecule has 0 atom stereocenters. The number of hydrogen-bond donors (Lipinski definition) is 2. The van der Waals surface area contributed by atoms with Gasteiger partial charge in [-0.2, -0.15) is 0 Å². The maximum absolute atomic E-state index is 12.6. The number of thiophene rings is 1. The number of rotatable bonds is 9. The summed E-state index contributed by atoms with van der Waals surface area (Å²) in [6.45, 7) is 0.526. The van der Waals surface area contributed by atoms with Crippen LogP contribution in [0, 0.1) is 0 Å². The normalized spacial score (nSPS) is 14.7. The van der Waals surface area contributed by atoms with Crippen LogP contribution in [0.5, 0.6) is 5.75 Å². The van der Waals surface area contributed by atoms with E-state index in [0.717, 1.165) is 17.7 Å². The van der Waals surface area contributed by atoms with Gasteiger partial charge in [-0.3, -0.25) is 30.1 Å². The third-order valence-electron chi connectivity index (χ3n) is 4.64. The molecular weight excluding hydrogens is 466 g/mol. The van der Waals surface area contributed by atoms with Gasteiger partial charge in [0, 0.05) is 17.8 Å². The molecule has 0 saturated carbocycles. The van der Waals surface area contributed by atoms with Crippen molar-refractivity contribution in [2.24, 2.45) is 0 Å². The fourth-order valence-corrected chi connectivity index (χ4v) is 5.05. The molecule has 0 aliphatic carbocycles. The molecule has 3 amide bonds. The van der Waals surface area contributed by atoms with Crippen molar-refractivity contribution in [3.8, 4) is 5.75 Å². The average Bonchev–Trinajstić information content (AvgIpc) is 3.40. The summed E-state index contributed by atoms with van der Waals surface area (Å²) in [4.78, 5) is 40.0. The Hall–Kier alpha value is -2.69. The molecule has 2 heterocycles. The van der Waals surface area contributed by atoms with Gasteiger partial charge in [0.1, 0.15) is 10.1 Å². The number of thiocarbonyl (C=S) groups is 1. The van der Waals surface area contributed by atoms with E-state index in [1.54, 1.807) is 40.5 Å². The number of nitrogens with zero attached hydrogens (tertiary/aromatic N) is 1. The predicted molar refractivity (Wildman–Crippen MR) is 131 cm³/mol. The van der Waals surface area contributed by atoms with E-state index in [9.17, 15) is 14.4 Å². The molecule has 1 saturated heterocycles. The number of carbonyl (C=O) groups is 3. The van der Waals surface area contributed by atoms with Crippen molar-refractivity contribution >= 4 is 63.4 Å². The molecule has 0 unspecified atom stereocenters. The molecule has 1 aromatic heterocycles. The van der Waals surface area contributed by atoms with E-state index >= 15 is 0 Å². The molecule has 2 N–H and O–H groups in total. The lowest BCUT2D eigenvalue weighted by Gasteiger charge is -2.14. The number of ether oxygens (including phenoxy) is 1. The molecule has 168 valence electrons. The summed E-state index contributed by atoms with van der Waals surface area (Å²) in [5.74, 6) is -0.358. The van der Waals surface area contributed by atoms with Gasteiger partial charge >= 0.3 is 0 Å². The number of thioether (sulfide) groups is 1. The Bertz CT molecular complexity index is 1020. The van der Waals surface area contributed by atoms with Gasteiger partial charge in [-0.05, 0) is 42.5 Å². The second-order valence-electron chi connectivity index (χ2n) is 6.86. The first-order chi connectivity index (χ1) is 15.5. The quantitative estimate of drug-likeness (QED) is 0.240. The topological polar surface area (TPSA) is 87.7 Å². The lowest BCUT2D eigenvalue weighted by molar-refractivity contribution is -0.123. The van der Waals surface area contributed by atoms with Gasteiger partial charge in [0.2, 0.25) is 5.91 Å². The van der Waals surface area contributed by atoms with Crippen molar-refractivity contribution in [2.45, 2.75) is 25.7 Å². The van der Waals surface area contributed by atoms with Crippen molar-refractivity contribution < 1.29 is 19.1 Å². The number of unbranched alkanes of at least 4 members (excludes halogenated alkanes) is 2. The van der Waals surface area contributed by atoms with Gasteiger partial charge < -0.3 is 4.74 Å². The fraction of sp³-hybridized carbons (Fsp3) is 0.273. The van der Waals surface area contributed by atoms with E-state index in [1.807, 2.05) is 23.6 Å². The van der Waals surface area contributed by atoms with Crippen LogP contribution in [-0.4, -0.2) is 40.6 Å². The molecule has 7 nitrogen and oxygen atoms in total. The first-order valence-corrected chi connectivity index (χ1v) is 12.1. The van der Waals surface area contributed by atoms with Crippen LogP contribution >= 0.6 is 35.3 Å². The Kier molecular flexibility index (Phi) is 8.83.